The molecule has 28 heavy (non-hydrogen) atoms. The van der Waals surface area contributed by atoms with Crippen LogP contribution in [0.3, 0.4) is 0 Å². The Labute approximate surface area is 170 Å². The number of rotatable bonds is 7. The van der Waals surface area contributed by atoms with Crippen LogP contribution in [0.15, 0.2) is 58.0 Å². The summed E-state index contributed by atoms with van der Waals surface area (Å²) in [7, 11) is -1.01. The van der Waals surface area contributed by atoms with E-state index in [1.807, 2.05) is 0 Å². The first kappa shape index (κ1) is 20.2. The molecule has 0 unspecified atom stereocenters. The summed E-state index contributed by atoms with van der Waals surface area (Å²) < 4.78 is 53.2. The maximum Gasteiger partial charge on any atom is 0.263 e. The van der Waals surface area contributed by atoms with Gasteiger partial charge in [-0.25, -0.2) is 12.8 Å². The first-order valence-electron chi connectivity index (χ1n) is 8.04. The summed E-state index contributed by atoms with van der Waals surface area (Å²) in [5, 5.41) is 4.24. The number of hydrogen-bond acceptors (Lipinski definition) is 5. The number of halogens is 2. The van der Waals surface area contributed by atoms with Crippen LogP contribution in [-0.2, 0) is 16.6 Å². The Bertz CT molecular complexity index is 1080. The minimum absolute atomic E-state index is 0.00475. The third-order valence-electron chi connectivity index (χ3n) is 3.87. The van der Waals surface area contributed by atoms with Gasteiger partial charge < -0.3 is 9.47 Å². The lowest BCUT2D eigenvalue weighted by Crippen LogP contribution is -2.14. The van der Waals surface area contributed by atoms with E-state index in [0.29, 0.717) is 22.5 Å². The lowest BCUT2D eigenvalue weighted by Gasteiger charge is -2.10. The van der Waals surface area contributed by atoms with Gasteiger partial charge in [-0.3, -0.25) is 9.40 Å². The Balaban J connectivity index is 1.82. The van der Waals surface area contributed by atoms with Crippen LogP contribution < -0.4 is 14.2 Å². The molecule has 0 aliphatic rings. The van der Waals surface area contributed by atoms with E-state index < -0.39 is 10.0 Å². The highest BCUT2D eigenvalue weighted by Crippen LogP contribution is 2.31. The Morgan fingerprint density at radius 3 is 2.43 bits per heavy atom. The molecule has 0 atom stereocenters. The highest BCUT2D eigenvalue weighted by Gasteiger charge is 2.20. The maximum absolute atomic E-state index is 13.0. The van der Waals surface area contributed by atoms with E-state index >= 15 is 0 Å². The smallest absolute Gasteiger partial charge is 0.263 e. The lowest BCUT2D eigenvalue weighted by molar-refractivity contribution is 0.354. The second-order valence-electron chi connectivity index (χ2n) is 5.77. The van der Waals surface area contributed by atoms with Crippen molar-refractivity contribution in [2.24, 2.45) is 0 Å². The molecule has 1 N–H and O–H groups in total. The number of aromatic nitrogens is 2. The van der Waals surface area contributed by atoms with E-state index in [-0.39, 0.29) is 16.5 Å². The minimum Gasteiger partial charge on any atom is -0.493 e. The molecule has 1 heterocycles. The Morgan fingerprint density at radius 1 is 1.11 bits per heavy atom. The zero-order valence-corrected chi connectivity index (χ0v) is 17.4. The Kier molecular flexibility index (Phi) is 5.90. The molecule has 0 saturated carbocycles. The zero-order chi connectivity index (χ0) is 20.3. The fourth-order valence-corrected chi connectivity index (χ4v) is 4.07. The zero-order valence-electron chi connectivity index (χ0n) is 15.0. The summed E-state index contributed by atoms with van der Waals surface area (Å²) in [4.78, 5) is 0.00475. The van der Waals surface area contributed by atoms with Gasteiger partial charge in [0.25, 0.3) is 10.0 Å². The monoisotopic (exact) mass is 469 g/mol. The van der Waals surface area contributed by atoms with Gasteiger partial charge in [0, 0.05) is 12.3 Å². The average molecular weight is 470 g/mol. The summed E-state index contributed by atoms with van der Waals surface area (Å²) in [6.45, 7) is 0.358. The van der Waals surface area contributed by atoms with Crippen LogP contribution in [0.2, 0.25) is 0 Å². The predicted octanol–water partition coefficient (Wildman–Crippen LogP) is 3.65. The topological polar surface area (TPSA) is 82.5 Å². The molecule has 0 radical (unpaired) electrons. The van der Waals surface area contributed by atoms with Gasteiger partial charge in [0.2, 0.25) is 0 Å². The van der Waals surface area contributed by atoms with Crippen molar-refractivity contribution in [3.05, 3.63) is 64.5 Å². The molecule has 0 saturated heterocycles. The van der Waals surface area contributed by atoms with Crippen LogP contribution in [0.4, 0.5) is 10.2 Å². The predicted molar refractivity (Wildman–Crippen MR) is 106 cm³/mol. The molecule has 3 rings (SSSR count). The van der Waals surface area contributed by atoms with E-state index in [1.54, 1.807) is 23.0 Å². The second kappa shape index (κ2) is 8.19. The number of nitrogens with one attached hydrogen (secondary N) is 1. The van der Waals surface area contributed by atoms with E-state index in [1.165, 1.54) is 44.6 Å². The van der Waals surface area contributed by atoms with Gasteiger partial charge >= 0.3 is 0 Å². The van der Waals surface area contributed by atoms with Crippen LogP contribution in [0, 0.1) is 5.82 Å². The highest BCUT2D eigenvalue weighted by atomic mass is 79.9. The van der Waals surface area contributed by atoms with Crippen LogP contribution in [0.5, 0.6) is 11.5 Å². The number of sulfonamides is 1. The summed E-state index contributed by atoms with van der Waals surface area (Å²) in [5.74, 6) is 0.531. The molecule has 10 heteroatoms. The SMILES string of the molecule is COc1ccc(S(=O)(=O)Nc2nn(Cc3ccc(F)cc3)cc2Br)cc1OC. The molecule has 0 bridgehead atoms. The van der Waals surface area contributed by atoms with Crippen molar-refractivity contribution in [1.82, 2.24) is 9.78 Å². The number of methoxy groups -OCH3 is 2. The van der Waals surface area contributed by atoms with E-state index in [2.05, 4.69) is 25.8 Å². The van der Waals surface area contributed by atoms with Crippen LogP contribution in [-0.4, -0.2) is 32.4 Å². The molecule has 148 valence electrons. The normalized spacial score (nSPS) is 11.3. The maximum atomic E-state index is 13.0. The van der Waals surface area contributed by atoms with Gasteiger partial charge in [0.1, 0.15) is 5.82 Å². The van der Waals surface area contributed by atoms with E-state index in [4.69, 9.17) is 9.47 Å². The lowest BCUT2D eigenvalue weighted by atomic mass is 10.2. The van der Waals surface area contributed by atoms with Crippen LogP contribution in [0.1, 0.15) is 5.56 Å². The molecular formula is C18H17BrFN3O4S. The number of benzene rings is 2. The third-order valence-corrected chi connectivity index (χ3v) is 5.79. The second-order valence-corrected chi connectivity index (χ2v) is 8.31. The number of hydrogen-bond donors (Lipinski definition) is 1. The van der Waals surface area contributed by atoms with Gasteiger partial charge in [-0.1, -0.05) is 12.1 Å². The van der Waals surface area contributed by atoms with Crippen molar-refractivity contribution in [3.63, 3.8) is 0 Å². The van der Waals surface area contributed by atoms with Gasteiger partial charge in [-0.05, 0) is 45.8 Å². The van der Waals surface area contributed by atoms with E-state index in [9.17, 15) is 12.8 Å². The van der Waals surface area contributed by atoms with Crippen molar-refractivity contribution in [3.8, 4) is 11.5 Å². The first-order valence-corrected chi connectivity index (χ1v) is 10.3. The molecule has 1 aromatic heterocycles. The fraction of sp³-hybridized carbons (Fsp3) is 0.167. The number of nitrogens with zero attached hydrogens (tertiary/aromatic N) is 2. The van der Waals surface area contributed by atoms with Crippen LogP contribution in [0.25, 0.3) is 0 Å². The summed E-state index contributed by atoms with van der Waals surface area (Å²) >= 11 is 3.30. The molecule has 7 nitrogen and oxygen atoms in total. The Hall–Kier alpha value is -2.59. The van der Waals surface area contributed by atoms with Gasteiger partial charge in [0.15, 0.2) is 17.3 Å². The van der Waals surface area contributed by atoms with Crippen molar-refractivity contribution >= 4 is 31.8 Å². The molecule has 0 fully saturated rings. The third kappa shape index (κ3) is 4.45. The van der Waals surface area contributed by atoms with Crippen molar-refractivity contribution < 1.29 is 22.3 Å². The largest absolute Gasteiger partial charge is 0.493 e. The van der Waals surface area contributed by atoms with Gasteiger partial charge in [0.05, 0.1) is 30.1 Å². The van der Waals surface area contributed by atoms with Gasteiger partial charge in [-0.15, -0.1) is 0 Å². The van der Waals surface area contributed by atoms with Crippen LogP contribution >= 0.6 is 15.9 Å². The molecule has 3 aromatic rings. The highest BCUT2D eigenvalue weighted by molar-refractivity contribution is 9.10. The fourth-order valence-electron chi connectivity index (χ4n) is 2.49. The molecule has 0 amide bonds. The minimum atomic E-state index is -3.90. The summed E-state index contributed by atoms with van der Waals surface area (Å²) in [5.41, 5.74) is 0.825. The van der Waals surface area contributed by atoms with Crippen molar-refractivity contribution in [1.29, 1.82) is 0 Å². The molecule has 0 aliphatic carbocycles. The van der Waals surface area contributed by atoms with Crippen molar-refractivity contribution in [2.45, 2.75) is 11.4 Å². The summed E-state index contributed by atoms with van der Waals surface area (Å²) in [6, 6.07) is 10.3. The summed E-state index contributed by atoms with van der Waals surface area (Å²) in [6.07, 6.45) is 1.63. The van der Waals surface area contributed by atoms with Crippen molar-refractivity contribution in [2.75, 3.05) is 18.9 Å². The quantitative estimate of drug-likeness (QED) is 0.570. The molecule has 0 spiro atoms. The number of ether oxygens (including phenoxy) is 2. The molecular weight excluding hydrogens is 453 g/mol. The average Bonchev–Trinajstić information content (AvgIpc) is 3.01. The van der Waals surface area contributed by atoms with E-state index in [0.717, 1.165) is 5.56 Å². The molecule has 0 aliphatic heterocycles. The Morgan fingerprint density at radius 2 is 1.79 bits per heavy atom. The van der Waals surface area contributed by atoms with Gasteiger partial charge in [-0.2, -0.15) is 5.10 Å². The molecule has 2 aromatic carbocycles. The number of anilines is 1. The standard InChI is InChI=1S/C18H17BrFN3O4S/c1-26-16-8-7-14(9-17(16)27-2)28(24,25)22-18-15(19)11-23(21-18)10-12-3-5-13(20)6-4-12/h3-9,11H,10H2,1-2H3,(H,21,22). The first-order chi connectivity index (χ1) is 13.3.